The van der Waals surface area contributed by atoms with Crippen LogP contribution in [-0.4, -0.2) is 16.5 Å². The highest BCUT2D eigenvalue weighted by molar-refractivity contribution is 7.15. The molecule has 2 heterocycles. The van der Waals surface area contributed by atoms with Gasteiger partial charge in [0.2, 0.25) is 0 Å². The zero-order valence-corrected chi connectivity index (χ0v) is 10.5. The van der Waals surface area contributed by atoms with Crippen LogP contribution in [0, 0.1) is 6.92 Å². The normalized spacial score (nSPS) is 10.9. The monoisotopic (exact) mass is 244 g/mol. The number of imidazole rings is 1. The molecule has 0 unspecified atom stereocenters. The number of methoxy groups -OCH3 is 1. The lowest BCUT2D eigenvalue weighted by Gasteiger charge is -2.01. The van der Waals surface area contributed by atoms with Crippen LogP contribution >= 0.6 is 11.3 Å². The molecule has 0 aliphatic rings. The lowest BCUT2D eigenvalue weighted by Crippen LogP contribution is -1.83. The summed E-state index contributed by atoms with van der Waals surface area (Å²) >= 11 is 1.66. The van der Waals surface area contributed by atoms with E-state index < -0.39 is 0 Å². The van der Waals surface area contributed by atoms with Gasteiger partial charge in [-0.05, 0) is 19.1 Å². The Bertz CT molecular complexity index is 669. The second-order valence-electron chi connectivity index (χ2n) is 3.89. The fourth-order valence-corrected chi connectivity index (χ4v) is 2.67. The van der Waals surface area contributed by atoms with Gasteiger partial charge in [-0.3, -0.25) is 4.40 Å². The second-order valence-corrected chi connectivity index (χ2v) is 4.72. The Morgan fingerprint density at radius 2 is 2.24 bits per heavy atom. The maximum atomic E-state index is 5.22. The van der Waals surface area contributed by atoms with Crippen LogP contribution in [0.25, 0.3) is 16.2 Å². The molecule has 0 bridgehead atoms. The van der Waals surface area contributed by atoms with Gasteiger partial charge < -0.3 is 4.74 Å². The highest BCUT2D eigenvalue weighted by Gasteiger charge is 2.07. The van der Waals surface area contributed by atoms with E-state index in [1.165, 1.54) is 5.69 Å². The quantitative estimate of drug-likeness (QED) is 0.691. The molecule has 86 valence electrons. The minimum absolute atomic E-state index is 0.857. The van der Waals surface area contributed by atoms with Gasteiger partial charge in [0.05, 0.1) is 12.8 Å². The van der Waals surface area contributed by atoms with Crippen LogP contribution in [-0.2, 0) is 0 Å². The molecule has 0 aliphatic carbocycles. The summed E-state index contributed by atoms with van der Waals surface area (Å²) in [5.74, 6) is 0.857. The molecule has 3 rings (SSSR count). The molecule has 0 saturated carbocycles. The summed E-state index contributed by atoms with van der Waals surface area (Å²) in [6, 6.07) is 7.97. The van der Waals surface area contributed by atoms with E-state index >= 15 is 0 Å². The Labute approximate surface area is 103 Å². The lowest BCUT2D eigenvalue weighted by atomic mass is 10.1. The minimum Gasteiger partial charge on any atom is -0.497 e. The number of benzene rings is 1. The van der Waals surface area contributed by atoms with Crippen LogP contribution in [0.5, 0.6) is 5.75 Å². The first kappa shape index (κ1) is 10.4. The summed E-state index contributed by atoms with van der Waals surface area (Å²) in [5, 5.41) is 2.11. The first-order chi connectivity index (χ1) is 8.28. The van der Waals surface area contributed by atoms with Crippen LogP contribution in [0.2, 0.25) is 0 Å². The van der Waals surface area contributed by atoms with Crippen molar-refractivity contribution < 1.29 is 4.74 Å². The molecule has 0 amide bonds. The third-order valence-electron chi connectivity index (χ3n) is 2.75. The number of nitrogens with zero attached hydrogens (tertiary/aromatic N) is 2. The summed E-state index contributed by atoms with van der Waals surface area (Å²) in [4.78, 5) is 5.63. The third kappa shape index (κ3) is 1.70. The molecule has 1 aromatic carbocycles. The Morgan fingerprint density at radius 1 is 1.35 bits per heavy atom. The van der Waals surface area contributed by atoms with Gasteiger partial charge in [0.1, 0.15) is 5.75 Å². The molecule has 0 radical (unpaired) electrons. The van der Waals surface area contributed by atoms with Gasteiger partial charge in [-0.15, -0.1) is 11.3 Å². The molecule has 3 aromatic rings. The molecule has 2 aromatic heterocycles. The Morgan fingerprint density at radius 3 is 3.00 bits per heavy atom. The van der Waals surface area contributed by atoms with Crippen LogP contribution in [0.1, 0.15) is 5.69 Å². The van der Waals surface area contributed by atoms with Crippen molar-refractivity contribution in [1.29, 1.82) is 0 Å². The third-order valence-corrected chi connectivity index (χ3v) is 3.71. The smallest absolute Gasteiger partial charge is 0.194 e. The Balaban J connectivity index is 2.13. The molecule has 3 nitrogen and oxygen atoms in total. The van der Waals surface area contributed by atoms with Crippen molar-refractivity contribution >= 4 is 16.3 Å². The molecule has 4 heteroatoms. The summed E-state index contributed by atoms with van der Waals surface area (Å²) in [6.07, 6.45) is 2.07. The second kappa shape index (κ2) is 3.89. The molecular weight excluding hydrogens is 232 g/mol. The number of aryl methyl sites for hydroxylation is 1. The fourth-order valence-electron chi connectivity index (χ4n) is 1.82. The first-order valence-corrected chi connectivity index (χ1v) is 6.23. The number of hydrogen-bond acceptors (Lipinski definition) is 3. The maximum absolute atomic E-state index is 5.22. The van der Waals surface area contributed by atoms with Crippen molar-refractivity contribution in [2.75, 3.05) is 7.11 Å². The molecule has 17 heavy (non-hydrogen) atoms. The van der Waals surface area contributed by atoms with Crippen molar-refractivity contribution in [2.45, 2.75) is 6.92 Å². The van der Waals surface area contributed by atoms with Gasteiger partial charge in [-0.1, -0.05) is 12.1 Å². The lowest BCUT2D eigenvalue weighted by molar-refractivity contribution is 0.415. The van der Waals surface area contributed by atoms with Gasteiger partial charge >= 0.3 is 0 Å². The molecule has 0 spiro atoms. The van der Waals surface area contributed by atoms with Crippen molar-refractivity contribution in [3.05, 3.63) is 41.5 Å². The van der Waals surface area contributed by atoms with Gasteiger partial charge in [0.25, 0.3) is 0 Å². The SMILES string of the molecule is COc1cccc(-c2cn3c(C)csc3n2)c1. The average molecular weight is 244 g/mol. The Kier molecular flexibility index (Phi) is 2.37. The predicted molar refractivity (Wildman–Crippen MR) is 69.8 cm³/mol. The maximum Gasteiger partial charge on any atom is 0.194 e. The average Bonchev–Trinajstić information content (AvgIpc) is 2.92. The van der Waals surface area contributed by atoms with E-state index in [9.17, 15) is 0 Å². The van der Waals surface area contributed by atoms with Gasteiger partial charge in [0.15, 0.2) is 4.96 Å². The number of rotatable bonds is 2. The number of thiazole rings is 1. The first-order valence-electron chi connectivity index (χ1n) is 5.35. The zero-order valence-electron chi connectivity index (χ0n) is 9.68. The molecule has 0 saturated heterocycles. The number of fused-ring (bicyclic) bond motifs is 1. The van der Waals surface area contributed by atoms with E-state index in [0.717, 1.165) is 22.0 Å². The van der Waals surface area contributed by atoms with Crippen LogP contribution in [0.4, 0.5) is 0 Å². The number of hydrogen-bond donors (Lipinski definition) is 0. The van der Waals surface area contributed by atoms with Crippen molar-refractivity contribution in [3.8, 4) is 17.0 Å². The van der Waals surface area contributed by atoms with Crippen molar-refractivity contribution in [1.82, 2.24) is 9.38 Å². The summed E-state index contributed by atoms with van der Waals surface area (Å²) in [5.41, 5.74) is 3.28. The molecule has 0 aliphatic heterocycles. The van der Waals surface area contributed by atoms with E-state index in [2.05, 4.69) is 27.9 Å². The van der Waals surface area contributed by atoms with E-state index in [4.69, 9.17) is 4.74 Å². The van der Waals surface area contributed by atoms with E-state index in [1.54, 1.807) is 18.4 Å². The van der Waals surface area contributed by atoms with Crippen molar-refractivity contribution in [3.63, 3.8) is 0 Å². The number of ether oxygens (including phenoxy) is 1. The standard InChI is InChI=1S/C13H12N2OS/c1-9-8-17-13-14-12(7-15(9)13)10-4-3-5-11(6-10)16-2/h3-8H,1-2H3. The fraction of sp³-hybridized carbons (Fsp3) is 0.154. The van der Waals surface area contributed by atoms with Gasteiger partial charge in [-0.2, -0.15) is 0 Å². The summed E-state index contributed by atoms with van der Waals surface area (Å²) in [6.45, 7) is 2.08. The summed E-state index contributed by atoms with van der Waals surface area (Å²) in [7, 11) is 1.68. The Hall–Kier alpha value is -1.81. The van der Waals surface area contributed by atoms with E-state index in [1.807, 2.05) is 24.3 Å². The predicted octanol–water partition coefficient (Wildman–Crippen LogP) is 3.38. The van der Waals surface area contributed by atoms with E-state index in [-0.39, 0.29) is 0 Å². The van der Waals surface area contributed by atoms with Gasteiger partial charge in [0, 0.05) is 22.8 Å². The van der Waals surface area contributed by atoms with Crippen molar-refractivity contribution in [2.24, 2.45) is 0 Å². The molecule has 0 fully saturated rings. The topological polar surface area (TPSA) is 26.5 Å². The van der Waals surface area contributed by atoms with Crippen LogP contribution in [0.15, 0.2) is 35.8 Å². The molecule has 0 atom stereocenters. The molecule has 0 N–H and O–H groups in total. The largest absolute Gasteiger partial charge is 0.497 e. The highest BCUT2D eigenvalue weighted by Crippen LogP contribution is 2.25. The minimum atomic E-state index is 0.857. The van der Waals surface area contributed by atoms with Crippen LogP contribution in [0.3, 0.4) is 0 Å². The number of aromatic nitrogens is 2. The molecular formula is C13H12N2OS. The zero-order chi connectivity index (χ0) is 11.8. The van der Waals surface area contributed by atoms with Gasteiger partial charge in [-0.25, -0.2) is 4.98 Å². The van der Waals surface area contributed by atoms with Crippen LogP contribution < -0.4 is 4.74 Å². The highest BCUT2D eigenvalue weighted by atomic mass is 32.1. The summed E-state index contributed by atoms with van der Waals surface area (Å²) < 4.78 is 7.33. The van der Waals surface area contributed by atoms with E-state index in [0.29, 0.717) is 0 Å².